The van der Waals surface area contributed by atoms with Crippen molar-refractivity contribution < 1.29 is 19.1 Å². The largest absolute Gasteiger partial charge is 0.459 e. The predicted molar refractivity (Wildman–Crippen MR) is 107 cm³/mol. The number of aromatic nitrogens is 2. The second-order valence-electron chi connectivity index (χ2n) is 8.01. The zero-order valence-corrected chi connectivity index (χ0v) is 17.4. The number of rotatable bonds is 3. The molecule has 0 unspecified atom stereocenters. The van der Waals surface area contributed by atoms with Crippen LogP contribution in [-0.2, 0) is 20.9 Å². The molecule has 3 rings (SSSR count). The van der Waals surface area contributed by atoms with Crippen molar-refractivity contribution in [3.8, 4) is 0 Å². The highest BCUT2D eigenvalue weighted by atomic mass is 35.5. The first-order valence-corrected chi connectivity index (χ1v) is 9.82. The number of amides is 1. The van der Waals surface area contributed by atoms with Crippen molar-refractivity contribution in [1.29, 1.82) is 0 Å². The molecule has 2 aromatic heterocycles. The molecule has 1 fully saturated rings. The number of likely N-dealkylation sites (tertiary alicyclic amines) is 1. The number of halogens is 1. The summed E-state index contributed by atoms with van der Waals surface area (Å²) in [4.78, 5) is 42.6. The number of fused-ring (bicyclic) bond motifs is 1. The highest BCUT2D eigenvalue weighted by molar-refractivity contribution is 6.30. The van der Waals surface area contributed by atoms with E-state index in [2.05, 4.69) is 4.98 Å². The normalized spacial score (nSPS) is 15.4. The van der Waals surface area contributed by atoms with E-state index in [4.69, 9.17) is 21.1 Å². The van der Waals surface area contributed by atoms with Crippen molar-refractivity contribution in [3.63, 3.8) is 0 Å². The van der Waals surface area contributed by atoms with Crippen LogP contribution < -0.4 is 5.56 Å². The van der Waals surface area contributed by atoms with Crippen molar-refractivity contribution in [2.45, 2.75) is 45.8 Å². The fraction of sp³-hybridized carbons (Fsp3) is 0.500. The van der Waals surface area contributed by atoms with E-state index in [1.807, 2.05) is 20.8 Å². The van der Waals surface area contributed by atoms with Crippen LogP contribution in [0.5, 0.6) is 0 Å². The maximum atomic E-state index is 12.4. The summed E-state index contributed by atoms with van der Waals surface area (Å²) >= 11 is 5.89. The lowest BCUT2D eigenvalue weighted by atomic mass is 9.97. The van der Waals surface area contributed by atoms with Gasteiger partial charge in [0.05, 0.1) is 16.6 Å². The molecule has 1 amide bonds. The SMILES string of the molecule is CC(C)(C)OC(=O)N1CCC(C(=O)OCc2cc(=O)n3cc(Cl)ccc3n2)CC1. The Labute approximate surface area is 173 Å². The summed E-state index contributed by atoms with van der Waals surface area (Å²) in [6.45, 7) is 6.23. The van der Waals surface area contributed by atoms with Crippen LogP contribution in [0.1, 0.15) is 39.3 Å². The summed E-state index contributed by atoms with van der Waals surface area (Å²) < 4.78 is 12.0. The lowest BCUT2D eigenvalue weighted by molar-refractivity contribution is -0.151. The van der Waals surface area contributed by atoms with Gasteiger partial charge in [-0.1, -0.05) is 11.6 Å². The molecule has 0 atom stereocenters. The molecule has 9 heteroatoms. The molecule has 0 radical (unpaired) electrons. The lowest BCUT2D eigenvalue weighted by Gasteiger charge is -2.32. The first kappa shape index (κ1) is 21.1. The average molecular weight is 422 g/mol. The van der Waals surface area contributed by atoms with Crippen molar-refractivity contribution in [2.24, 2.45) is 5.92 Å². The van der Waals surface area contributed by atoms with Gasteiger partial charge in [-0.25, -0.2) is 9.78 Å². The molecule has 0 spiro atoms. The Bertz CT molecular complexity index is 974. The van der Waals surface area contributed by atoms with Gasteiger partial charge in [-0.2, -0.15) is 0 Å². The minimum atomic E-state index is -0.552. The molecule has 0 aliphatic carbocycles. The van der Waals surface area contributed by atoms with Gasteiger partial charge in [0.2, 0.25) is 0 Å². The second-order valence-corrected chi connectivity index (χ2v) is 8.45. The maximum absolute atomic E-state index is 12.4. The number of carbonyl (C=O) groups excluding carboxylic acids is 2. The van der Waals surface area contributed by atoms with E-state index in [0.29, 0.717) is 42.3 Å². The molecule has 1 saturated heterocycles. The topological polar surface area (TPSA) is 90.2 Å². The standard InChI is InChI=1S/C20H24ClN3O5/c1-20(2,3)29-19(27)23-8-6-13(7-9-23)18(26)28-12-15-10-17(25)24-11-14(21)4-5-16(24)22-15/h4-5,10-11,13H,6-9,12H2,1-3H3. The molecule has 1 aliphatic heterocycles. The van der Waals surface area contributed by atoms with Crippen LogP contribution in [-0.4, -0.2) is 45.0 Å². The van der Waals surface area contributed by atoms with E-state index in [1.54, 1.807) is 17.0 Å². The third-order valence-corrected chi connectivity index (χ3v) is 4.74. The fourth-order valence-corrected chi connectivity index (χ4v) is 3.25. The quantitative estimate of drug-likeness (QED) is 0.707. The van der Waals surface area contributed by atoms with Gasteiger partial charge in [-0.3, -0.25) is 14.0 Å². The van der Waals surface area contributed by atoms with Crippen molar-refractivity contribution in [1.82, 2.24) is 14.3 Å². The molecular formula is C20H24ClN3O5. The van der Waals surface area contributed by atoms with Crippen molar-refractivity contribution in [2.75, 3.05) is 13.1 Å². The van der Waals surface area contributed by atoms with Crippen LogP contribution in [0.3, 0.4) is 0 Å². The molecule has 0 bridgehead atoms. The van der Waals surface area contributed by atoms with Crippen molar-refractivity contribution in [3.05, 3.63) is 45.5 Å². The van der Waals surface area contributed by atoms with E-state index < -0.39 is 5.60 Å². The first-order valence-electron chi connectivity index (χ1n) is 9.45. The van der Waals surface area contributed by atoms with E-state index in [9.17, 15) is 14.4 Å². The summed E-state index contributed by atoms with van der Waals surface area (Å²) in [6, 6.07) is 4.58. The van der Waals surface area contributed by atoms with Crippen LogP contribution in [0, 0.1) is 5.92 Å². The number of esters is 1. The monoisotopic (exact) mass is 421 g/mol. The third kappa shape index (κ3) is 5.47. The summed E-state index contributed by atoms with van der Waals surface area (Å²) in [6.07, 6.45) is 2.13. The van der Waals surface area contributed by atoms with Crippen LogP contribution >= 0.6 is 11.6 Å². The van der Waals surface area contributed by atoms with E-state index in [-0.39, 0.29) is 30.1 Å². The van der Waals surface area contributed by atoms with Crippen LogP contribution in [0.15, 0.2) is 29.2 Å². The first-order chi connectivity index (χ1) is 13.6. The van der Waals surface area contributed by atoms with Gasteiger partial charge in [-0.05, 0) is 45.7 Å². The second kappa shape index (κ2) is 8.41. The molecule has 0 saturated carbocycles. The van der Waals surface area contributed by atoms with Gasteiger partial charge in [0.1, 0.15) is 17.9 Å². The van der Waals surface area contributed by atoms with Crippen molar-refractivity contribution >= 4 is 29.3 Å². The number of piperidine rings is 1. The number of hydrogen-bond donors (Lipinski definition) is 0. The van der Waals surface area contributed by atoms with Gasteiger partial charge in [-0.15, -0.1) is 0 Å². The highest BCUT2D eigenvalue weighted by Gasteiger charge is 2.30. The summed E-state index contributed by atoms with van der Waals surface area (Å²) in [5.41, 5.74) is -0.0475. The van der Waals surface area contributed by atoms with Crippen LogP contribution in [0.4, 0.5) is 4.79 Å². The zero-order valence-electron chi connectivity index (χ0n) is 16.7. The van der Waals surface area contributed by atoms with Crippen LogP contribution in [0.25, 0.3) is 5.65 Å². The Morgan fingerprint density at radius 3 is 2.59 bits per heavy atom. The summed E-state index contributed by atoms with van der Waals surface area (Å²) in [5, 5.41) is 0.429. The number of nitrogens with zero attached hydrogens (tertiary/aromatic N) is 3. The molecule has 8 nitrogen and oxygen atoms in total. The number of ether oxygens (including phenoxy) is 2. The highest BCUT2D eigenvalue weighted by Crippen LogP contribution is 2.21. The molecule has 1 aliphatic rings. The Hall–Kier alpha value is -2.61. The Kier molecular flexibility index (Phi) is 6.12. The summed E-state index contributed by atoms with van der Waals surface area (Å²) in [7, 11) is 0. The number of hydrogen-bond acceptors (Lipinski definition) is 6. The number of pyridine rings is 1. The predicted octanol–water partition coefficient (Wildman–Crippen LogP) is 3.04. The third-order valence-electron chi connectivity index (χ3n) is 4.52. The lowest BCUT2D eigenvalue weighted by Crippen LogP contribution is -2.43. The molecular weight excluding hydrogens is 398 g/mol. The van der Waals surface area contributed by atoms with Gasteiger partial charge in [0, 0.05) is 25.4 Å². The molecule has 0 aromatic carbocycles. The number of carbonyl (C=O) groups is 2. The van der Waals surface area contributed by atoms with E-state index in [0.717, 1.165) is 0 Å². The minimum Gasteiger partial charge on any atom is -0.459 e. The minimum absolute atomic E-state index is 0.0838. The van der Waals surface area contributed by atoms with Gasteiger partial charge in [0.15, 0.2) is 0 Å². The Morgan fingerprint density at radius 1 is 1.24 bits per heavy atom. The zero-order chi connectivity index (χ0) is 21.2. The Morgan fingerprint density at radius 2 is 1.93 bits per heavy atom. The van der Waals surface area contributed by atoms with E-state index in [1.165, 1.54) is 16.7 Å². The molecule has 29 heavy (non-hydrogen) atoms. The maximum Gasteiger partial charge on any atom is 0.410 e. The van der Waals surface area contributed by atoms with Gasteiger partial charge in [0.25, 0.3) is 5.56 Å². The fourth-order valence-electron chi connectivity index (χ4n) is 3.09. The van der Waals surface area contributed by atoms with E-state index >= 15 is 0 Å². The molecule has 156 valence electrons. The smallest absolute Gasteiger partial charge is 0.410 e. The van der Waals surface area contributed by atoms with Gasteiger partial charge >= 0.3 is 12.1 Å². The molecule has 2 aromatic rings. The molecule has 0 N–H and O–H groups in total. The Balaban J connectivity index is 1.54. The summed E-state index contributed by atoms with van der Waals surface area (Å²) in [5.74, 6) is -0.652. The van der Waals surface area contributed by atoms with Gasteiger partial charge < -0.3 is 14.4 Å². The average Bonchev–Trinajstić information content (AvgIpc) is 2.65. The molecule has 3 heterocycles. The van der Waals surface area contributed by atoms with Crippen LogP contribution in [0.2, 0.25) is 5.02 Å².